The molecule has 0 unspecified atom stereocenters. The molecule has 0 aromatic carbocycles. The third-order valence-electron chi connectivity index (χ3n) is 7.68. The number of carbonyl (C=O) groups is 2. The van der Waals surface area contributed by atoms with E-state index in [0.717, 1.165) is 5.57 Å². The van der Waals surface area contributed by atoms with Gasteiger partial charge in [0.05, 0.1) is 5.41 Å². The molecule has 0 N–H and O–H groups in total. The predicted octanol–water partition coefficient (Wildman–Crippen LogP) is 7.25. The van der Waals surface area contributed by atoms with Crippen LogP contribution < -0.4 is 0 Å². The normalized spacial score (nSPS) is 29.9. The Morgan fingerprint density at radius 1 is 1.33 bits per heavy atom. The summed E-state index contributed by atoms with van der Waals surface area (Å²) in [6.07, 6.45) is 7.46. The highest BCUT2D eigenvalue weighted by Gasteiger charge is 2.50. The zero-order valence-electron chi connectivity index (χ0n) is 19.9. The van der Waals surface area contributed by atoms with E-state index in [1.165, 1.54) is 32.1 Å². The molecule has 3 nitrogen and oxygen atoms in total. The predicted molar refractivity (Wildman–Crippen MR) is 127 cm³/mol. The Labute approximate surface area is 192 Å². The Morgan fingerprint density at radius 3 is 2.57 bits per heavy atom. The molecule has 0 amide bonds. The second-order valence-corrected chi connectivity index (χ2v) is 11.3. The Morgan fingerprint density at radius 2 is 2.00 bits per heavy atom. The van der Waals surface area contributed by atoms with Crippen LogP contribution >= 0.6 is 15.9 Å². The van der Waals surface area contributed by atoms with Gasteiger partial charge in [0, 0.05) is 12.3 Å². The summed E-state index contributed by atoms with van der Waals surface area (Å²) >= 11 is 3.59. The molecule has 0 heterocycles. The highest BCUT2D eigenvalue weighted by atomic mass is 79.9. The van der Waals surface area contributed by atoms with E-state index in [1.54, 1.807) is 5.57 Å². The quantitative estimate of drug-likeness (QED) is 0.271. The zero-order valence-corrected chi connectivity index (χ0v) is 21.4. The maximum Gasteiger partial charge on any atom is 0.311 e. The first-order chi connectivity index (χ1) is 14.0. The smallest absolute Gasteiger partial charge is 0.311 e. The van der Waals surface area contributed by atoms with Crippen molar-refractivity contribution in [2.75, 3.05) is 6.61 Å². The van der Waals surface area contributed by atoms with Crippen LogP contribution in [0.25, 0.3) is 0 Å². The molecule has 0 aromatic heterocycles. The number of hydrogen-bond acceptors (Lipinski definition) is 3. The van der Waals surface area contributed by atoms with Gasteiger partial charge in [-0.05, 0) is 93.0 Å². The van der Waals surface area contributed by atoms with Gasteiger partial charge in [-0.3, -0.25) is 9.59 Å². The molecule has 0 spiro atoms. The molecule has 2 rings (SSSR count). The number of hydrogen-bond donors (Lipinski definition) is 0. The minimum atomic E-state index is -0.544. The van der Waals surface area contributed by atoms with Gasteiger partial charge in [0.1, 0.15) is 12.4 Å². The van der Waals surface area contributed by atoms with Crippen LogP contribution in [0.4, 0.5) is 0 Å². The van der Waals surface area contributed by atoms with Gasteiger partial charge in [-0.2, -0.15) is 0 Å². The van der Waals surface area contributed by atoms with Crippen molar-refractivity contribution in [3.05, 3.63) is 22.7 Å². The number of rotatable bonds is 8. The second kappa shape index (κ2) is 10.1. The van der Waals surface area contributed by atoms with E-state index in [-0.39, 0.29) is 24.3 Å². The Hall–Kier alpha value is -0.900. The fourth-order valence-electron chi connectivity index (χ4n) is 5.97. The SMILES string of the molecule is C=C(COC(=O)C(C)(C)C)[C@@H](CC)C(=O)C[C@@H](C)[C@H]1CC[C@H]2/C(=C/Br)CCC[C@]12C. The molecule has 2 aliphatic rings. The van der Waals surface area contributed by atoms with E-state index >= 15 is 0 Å². The van der Waals surface area contributed by atoms with Gasteiger partial charge in [0.2, 0.25) is 0 Å². The molecule has 0 saturated heterocycles. The number of carbonyl (C=O) groups excluding carboxylic acids is 2. The van der Waals surface area contributed by atoms with E-state index in [2.05, 4.69) is 41.3 Å². The number of Topliss-reactive ketones (excluding diaryl/α,β-unsaturated/α-hetero) is 1. The highest BCUT2D eigenvalue weighted by molar-refractivity contribution is 9.11. The molecule has 2 fully saturated rings. The zero-order chi connectivity index (χ0) is 22.7. The Bertz CT molecular complexity index is 687. The van der Waals surface area contributed by atoms with E-state index < -0.39 is 5.41 Å². The monoisotopic (exact) mass is 480 g/mol. The first kappa shape index (κ1) is 25.4. The molecule has 0 bridgehead atoms. The molecule has 0 aliphatic heterocycles. The molecule has 2 aliphatic carbocycles. The molecule has 5 atom stereocenters. The van der Waals surface area contributed by atoms with Gasteiger partial charge in [-0.15, -0.1) is 0 Å². The lowest BCUT2D eigenvalue weighted by atomic mass is 9.61. The first-order valence-corrected chi connectivity index (χ1v) is 12.5. The van der Waals surface area contributed by atoms with Crippen molar-refractivity contribution >= 4 is 27.7 Å². The molecular formula is C26H41BrO3. The van der Waals surface area contributed by atoms with Crippen molar-refractivity contribution in [2.24, 2.45) is 34.5 Å². The average molecular weight is 482 g/mol. The lowest BCUT2D eigenvalue weighted by Gasteiger charge is -2.44. The van der Waals surface area contributed by atoms with Crippen molar-refractivity contribution in [1.29, 1.82) is 0 Å². The van der Waals surface area contributed by atoms with Crippen LogP contribution in [0.2, 0.25) is 0 Å². The number of ether oxygens (including phenoxy) is 1. The van der Waals surface area contributed by atoms with Crippen molar-refractivity contribution in [1.82, 2.24) is 0 Å². The highest BCUT2D eigenvalue weighted by Crippen LogP contribution is 2.60. The number of halogens is 1. The number of allylic oxidation sites excluding steroid dienone is 1. The Balaban J connectivity index is 2.00. The number of esters is 1. The summed E-state index contributed by atoms with van der Waals surface area (Å²) in [6.45, 7) is 16.5. The van der Waals surface area contributed by atoms with Crippen molar-refractivity contribution < 1.29 is 14.3 Å². The third kappa shape index (κ3) is 5.47. The summed E-state index contributed by atoms with van der Waals surface area (Å²) < 4.78 is 5.42. The van der Waals surface area contributed by atoms with E-state index in [1.807, 2.05) is 27.7 Å². The summed E-state index contributed by atoms with van der Waals surface area (Å²) in [5.41, 5.74) is 2.05. The van der Waals surface area contributed by atoms with Crippen LogP contribution in [0.5, 0.6) is 0 Å². The van der Waals surface area contributed by atoms with Gasteiger partial charge in [-0.25, -0.2) is 0 Å². The summed E-state index contributed by atoms with van der Waals surface area (Å²) in [5, 5.41) is 0. The van der Waals surface area contributed by atoms with Gasteiger partial charge in [-0.1, -0.05) is 48.9 Å². The Kier molecular flexibility index (Phi) is 8.58. The molecule has 170 valence electrons. The molecule has 30 heavy (non-hydrogen) atoms. The van der Waals surface area contributed by atoms with Gasteiger partial charge in [0.15, 0.2) is 0 Å². The van der Waals surface area contributed by atoms with Gasteiger partial charge < -0.3 is 4.74 Å². The maximum atomic E-state index is 13.2. The van der Waals surface area contributed by atoms with E-state index in [0.29, 0.717) is 36.0 Å². The largest absolute Gasteiger partial charge is 0.461 e. The van der Waals surface area contributed by atoms with Crippen molar-refractivity contribution in [2.45, 2.75) is 86.5 Å². The molecule has 4 heteroatoms. The molecule has 0 radical (unpaired) electrons. The molecule has 0 aromatic rings. The van der Waals surface area contributed by atoms with Gasteiger partial charge >= 0.3 is 5.97 Å². The standard InChI is InChI=1S/C26H41BrO3/c1-8-20(18(3)16-30-24(29)25(4,5)6)23(28)14-17(2)21-11-12-22-19(15-27)10-9-13-26(21,22)7/h15,17,20-22H,3,8-14,16H2,1-2,4-7H3/b19-15+/t17-,20-,21-,22+,26-/m1/s1. The van der Waals surface area contributed by atoms with Crippen LogP contribution in [0.1, 0.15) is 86.5 Å². The van der Waals surface area contributed by atoms with Crippen LogP contribution in [-0.2, 0) is 14.3 Å². The van der Waals surface area contributed by atoms with E-state index in [4.69, 9.17) is 4.74 Å². The summed E-state index contributed by atoms with van der Waals surface area (Å²) in [4.78, 5) is 27.4. The minimum Gasteiger partial charge on any atom is -0.461 e. The number of ketones is 1. The summed E-state index contributed by atoms with van der Waals surface area (Å²) in [6, 6.07) is 0. The van der Waals surface area contributed by atoms with Crippen molar-refractivity contribution in [3.8, 4) is 0 Å². The van der Waals surface area contributed by atoms with Crippen molar-refractivity contribution in [3.63, 3.8) is 0 Å². The number of fused-ring (bicyclic) bond motifs is 1. The third-order valence-corrected chi connectivity index (χ3v) is 8.27. The van der Waals surface area contributed by atoms with Crippen LogP contribution in [0.15, 0.2) is 22.7 Å². The second-order valence-electron chi connectivity index (χ2n) is 10.9. The minimum absolute atomic E-state index is 0.136. The van der Waals surface area contributed by atoms with Crippen LogP contribution in [-0.4, -0.2) is 18.4 Å². The fraction of sp³-hybridized carbons (Fsp3) is 0.769. The first-order valence-electron chi connectivity index (χ1n) is 11.6. The van der Waals surface area contributed by atoms with Crippen LogP contribution in [0, 0.1) is 34.5 Å². The maximum absolute atomic E-state index is 13.2. The van der Waals surface area contributed by atoms with E-state index in [9.17, 15) is 9.59 Å². The lowest BCUT2D eigenvalue weighted by Crippen LogP contribution is -2.37. The fourth-order valence-corrected chi connectivity index (χ4v) is 6.51. The molecule has 2 saturated carbocycles. The molecular weight excluding hydrogens is 440 g/mol. The summed E-state index contributed by atoms with van der Waals surface area (Å²) in [5.74, 6) is 1.37. The van der Waals surface area contributed by atoms with Gasteiger partial charge in [0.25, 0.3) is 0 Å². The average Bonchev–Trinajstić information content (AvgIpc) is 3.02. The van der Waals surface area contributed by atoms with Crippen LogP contribution in [0.3, 0.4) is 0 Å². The lowest BCUT2D eigenvalue weighted by molar-refractivity contribution is -0.152. The topological polar surface area (TPSA) is 43.4 Å². The summed E-state index contributed by atoms with van der Waals surface area (Å²) in [7, 11) is 0.